The molecule has 5 nitrogen and oxygen atoms in total. The summed E-state index contributed by atoms with van der Waals surface area (Å²) >= 11 is 5.74. The minimum atomic E-state index is -3.86. The lowest BCUT2D eigenvalue weighted by molar-refractivity contribution is 0.0345. The molecule has 0 aromatic heterocycles. The van der Waals surface area contributed by atoms with E-state index in [1.54, 1.807) is 0 Å². The van der Waals surface area contributed by atoms with E-state index in [9.17, 15) is 12.8 Å². The molecule has 1 fully saturated rings. The second kappa shape index (κ2) is 8.45. The van der Waals surface area contributed by atoms with Crippen LogP contribution in [0.5, 0.6) is 0 Å². The molecule has 0 aliphatic carbocycles. The van der Waals surface area contributed by atoms with E-state index in [0.717, 1.165) is 30.8 Å². The topological polar surface area (TPSA) is 58.6 Å². The van der Waals surface area contributed by atoms with Gasteiger partial charge < -0.3 is 4.74 Å². The predicted molar refractivity (Wildman–Crippen MR) is 98.2 cm³/mol. The highest BCUT2D eigenvalue weighted by atomic mass is 35.5. The van der Waals surface area contributed by atoms with Gasteiger partial charge >= 0.3 is 0 Å². The monoisotopic (exact) mass is 398 g/mol. The maximum absolute atomic E-state index is 13.4. The van der Waals surface area contributed by atoms with Gasteiger partial charge in [0.2, 0.25) is 10.0 Å². The van der Waals surface area contributed by atoms with Crippen molar-refractivity contribution in [2.75, 3.05) is 32.8 Å². The summed E-state index contributed by atoms with van der Waals surface area (Å²) in [6.07, 6.45) is 0. The molecule has 0 saturated carbocycles. The fourth-order valence-corrected chi connectivity index (χ4v) is 4.32. The number of hydrogen-bond donors (Lipinski definition) is 1. The number of sulfonamides is 1. The van der Waals surface area contributed by atoms with Gasteiger partial charge in [-0.25, -0.2) is 17.5 Å². The summed E-state index contributed by atoms with van der Waals surface area (Å²) in [5.74, 6) is -0.654. The summed E-state index contributed by atoms with van der Waals surface area (Å²) in [5.41, 5.74) is 0.857. The Kier molecular flexibility index (Phi) is 6.26. The Morgan fingerprint density at radius 2 is 1.85 bits per heavy atom. The number of hydrogen-bond acceptors (Lipinski definition) is 4. The number of nitrogens with one attached hydrogen (secondary N) is 1. The molecule has 3 rings (SSSR count). The van der Waals surface area contributed by atoms with E-state index < -0.39 is 21.9 Å². The average molecular weight is 399 g/mol. The molecule has 1 aliphatic rings. The first-order valence-electron chi connectivity index (χ1n) is 8.28. The zero-order valence-corrected chi connectivity index (χ0v) is 15.6. The van der Waals surface area contributed by atoms with E-state index in [1.165, 1.54) is 6.07 Å². The first-order chi connectivity index (χ1) is 12.5. The van der Waals surface area contributed by atoms with Crippen LogP contribution in [-0.2, 0) is 14.8 Å². The van der Waals surface area contributed by atoms with Gasteiger partial charge in [-0.2, -0.15) is 0 Å². The predicted octanol–water partition coefficient (Wildman–Crippen LogP) is 2.83. The van der Waals surface area contributed by atoms with E-state index in [1.807, 2.05) is 30.3 Å². The fourth-order valence-electron chi connectivity index (χ4n) is 2.84. The van der Waals surface area contributed by atoms with Crippen molar-refractivity contribution in [1.29, 1.82) is 0 Å². The lowest BCUT2D eigenvalue weighted by Crippen LogP contribution is -2.43. The van der Waals surface area contributed by atoms with Crippen LogP contribution in [0.3, 0.4) is 0 Å². The number of halogens is 2. The first-order valence-corrected chi connectivity index (χ1v) is 10.1. The summed E-state index contributed by atoms with van der Waals surface area (Å²) in [6, 6.07) is 12.3. The van der Waals surface area contributed by atoms with Crippen molar-refractivity contribution in [3.8, 4) is 0 Å². The van der Waals surface area contributed by atoms with Crippen LogP contribution in [0.2, 0.25) is 5.02 Å². The van der Waals surface area contributed by atoms with Crippen LogP contribution in [0.15, 0.2) is 53.4 Å². The van der Waals surface area contributed by atoms with Crippen LogP contribution in [0.4, 0.5) is 4.39 Å². The highest BCUT2D eigenvalue weighted by Gasteiger charge is 2.25. The maximum Gasteiger partial charge on any atom is 0.241 e. The maximum atomic E-state index is 13.4. The van der Waals surface area contributed by atoms with Crippen LogP contribution in [0.25, 0.3) is 0 Å². The van der Waals surface area contributed by atoms with Gasteiger partial charge in [0.25, 0.3) is 0 Å². The molecule has 26 heavy (non-hydrogen) atoms. The second-order valence-corrected chi connectivity index (χ2v) is 8.19. The second-order valence-electron chi connectivity index (χ2n) is 6.07. The molecular weight excluding hydrogens is 379 g/mol. The van der Waals surface area contributed by atoms with E-state index in [0.29, 0.717) is 19.8 Å². The smallest absolute Gasteiger partial charge is 0.241 e. The lowest BCUT2D eigenvalue weighted by atomic mass is 10.1. The molecule has 2 aromatic rings. The number of morpholine rings is 1. The fraction of sp³-hybridized carbons (Fsp3) is 0.333. The van der Waals surface area contributed by atoms with Crippen LogP contribution in [-0.4, -0.2) is 46.2 Å². The van der Waals surface area contributed by atoms with Gasteiger partial charge in [-0.3, -0.25) is 4.90 Å². The van der Waals surface area contributed by atoms with Crippen molar-refractivity contribution in [2.45, 2.75) is 10.9 Å². The van der Waals surface area contributed by atoms with Crippen molar-refractivity contribution in [3.05, 3.63) is 64.9 Å². The molecule has 1 atom stereocenters. The van der Waals surface area contributed by atoms with Gasteiger partial charge in [0, 0.05) is 19.6 Å². The quantitative estimate of drug-likeness (QED) is 0.812. The normalized spacial score (nSPS) is 17.2. The summed E-state index contributed by atoms with van der Waals surface area (Å²) < 4.78 is 47.0. The molecule has 0 amide bonds. The molecular formula is C18H20ClFN2O3S. The van der Waals surface area contributed by atoms with Crippen molar-refractivity contribution < 1.29 is 17.5 Å². The largest absolute Gasteiger partial charge is 0.379 e. The Morgan fingerprint density at radius 3 is 2.50 bits per heavy atom. The third kappa shape index (κ3) is 4.81. The molecule has 0 bridgehead atoms. The van der Waals surface area contributed by atoms with Crippen LogP contribution in [0.1, 0.15) is 11.6 Å². The van der Waals surface area contributed by atoms with Gasteiger partial charge in [0.1, 0.15) is 5.82 Å². The minimum absolute atomic E-state index is 0.0631. The molecule has 1 unspecified atom stereocenters. The van der Waals surface area contributed by atoms with Crippen molar-refractivity contribution in [2.24, 2.45) is 0 Å². The van der Waals surface area contributed by atoms with Gasteiger partial charge in [0.15, 0.2) is 0 Å². The Bertz CT molecular complexity index is 843. The summed E-state index contributed by atoms with van der Waals surface area (Å²) in [4.78, 5) is 2.09. The zero-order chi connectivity index (χ0) is 18.6. The Morgan fingerprint density at radius 1 is 1.15 bits per heavy atom. The van der Waals surface area contributed by atoms with Gasteiger partial charge in [-0.1, -0.05) is 41.9 Å². The Balaban J connectivity index is 1.85. The molecule has 0 spiro atoms. The molecule has 2 aromatic carbocycles. The van der Waals surface area contributed by atoms with E-state index >= 15 is 0 Å². The molecule has 140 valence electrons. The highest BCUT2D eigenvalue weighted by Crippen LogP contribution is 2.22. The summed E-state index contributed by atoms with van der Waals surface area (Å²) in [7, 11) is -3.86. The van der Waals surface area contributed by atoms with Crippen LogP contribution in [0, 0.1) is 5.82 Å². The van der Waals surface area contributed by atoms with Gasteiger partial charge in [-0.05, 0) is 23.8 Å². The number of nitrogens with zero attached hydrogens (tertiary/aromatic N) is 1. The standard InChI is InChI=1S/C18H20ClFN2O3S/c19-16-12-15(6-7-17(16)20)26(23,24)21-18(14-4-2-1-3-5-14)13-22-8-10-25-11-9-22/h1-7,12,18,21H,8-11,13H2. The van der Waals surface area contributed by atoms with E-state index in [-0.39, 0.29) is 9.92 Å². The highest BCUT2D eigenvalue weighted by molar-refractivity contribution is 7.89. The average Bonchev–Trinajstić information content (AvgIpc) is 2.65. The number of rotatable bonds is 6. The van der Waals surface area contributed by atoms with Crippen molar-refractivity contribution >= 4 is 21.6 Å². The van der Waals surface area contributed by atoms with Crippen LogP contribution < -0.4 is 4.72 Å². The number of benzene rings is 2. The molecule has 1 heterocycles. The molecule has 0 radical (unpaired) electrons. The molecule has 1 N–H and O–H groups in total. The number of ether oxygens (including phenoxy) is 1. The van der Waals surface area contributed by atoms with E-state index in [2.05, 4.69) is 9.62 Å². The first kappa shape index (κ1) is 19.3. The molecule has 1 aliphatic heterocycles. The SMILES string of the molecule is O=S(=O)(NC(CN1CCOCC1)c1ccccc1)c1ccc(F)c(Cl)c1. The molecule has 8 heteroatoms. The summed E-state index contributed by atoms with van der Waals surface area (Å²) in [5, 5.41) is -0.225. The Labute approximate surface area is 157 Å². The van der Waals surface area contributed by atoms with E-state index in [4.69, 9.17) is 16.3 Å². The zero-order valence-electron chi connectivity index (χ0n) is 14.1. The van der Waals surface area contributed by atoms with Crippen molar-refractivity contribution in [3.63, 3.8) is 0 Å². The van der Waals surface area contributed by atoms with Gasteiger partial charge in [0.05, 0.1) is 29.2 Å². The minimum Gasteiger partial charge on any atom is -0.379 e. The summed E-state index contributed by atoms with van der Waals surface area (Å²) in [6.45, 7) is 3.26. The third-order valence-corrected chi connectivity index (χ3v) is 6.00. The molecule has 1 saturated heterocycles. The van der Waals surface area contributed by atoms with Crippen molar-refractivity contribution in [1.82, 2.24) is 9.62 Å². The Hall–Kier alpha value is -1.51. The third-order valence-electron chi connectivity index (χ3n) is 4.25. The lowest BCUT2D eigenvalue weighted by Gasteiger charge is -2.31. The van der Waals surface area contributed by atoms with Crippen LogP contribution >= 0.6 is 11.6 Å². The van der Waals surface area contributed by atoms with Gasteiger partial charge in [-0.15, -0.1) is 0 Å².